The first-order chi connectivity index (χ1) is 14.0. The Balaban J connectivity index is 0.00000320. The zero-order valence-corrected chi connectivity index (χ0v) is 20.6. The van der Waals surface area contributed by atoms with Gasteiger partial charge in [-0.15, -0.1) is 24.0 Å². The van der Waals surface area contributed by atoms with Gasteiger partial charge in [-0.3, -0.25) is 4.99 Å². The molecule has 1 aliphatic rings. The molecule has 0 spiro atoms. The molecule has 0 saturated carbocycles. The number of methoxy groups -OCH3 is 1. The number of rotatable bonds is 6. The second kappa shape index (κ2) is 11.0. The second-order valence-corrected chi connectivity index (χ2v) is 8.84. The van der Waals surface area contributed by atoms with Crippen LogP contribution in [0.4, 0.5) is 0 Å². The Morgan fingerprint density at radius 2 is 1.83 bits per heavy atom. The van der Waals surface area contributed by atoms with E-state index in [-0.39, 0.29) is 28.9 Å². The summed E-state index contributed by atoms with van der Waals surface area (Å²) < 4.78 is 31.2. The van der Waals surface area contributed by atoms with Crippen molar-refractivity contribution in [1.29, 1.82) is 0 Å². The van der Waals surface area contributed by atoms with E-state index in [1.807, 2.05) is 24.3 Å². The number of aliphatic imine (C=N–C) groups is 1. The van der Waals surface area contributed by atoms with Crippen molar-refractivity contribution in [1.82, 2.24) is 14.9 Å². The number of guanidine groups is 1. The Kier molecular flexibility index (Phi) is 8.92. The van der Waals surface area contributed by atoms with E-state index in [2.05, 4.69) is 32.1 Å². The first-order valence-electron chi connectivity index (χ1n) is 9.59. The molecule has 0 amide bonds. The van der Waals surface area contributed by atoms with E-state index in [1.165, 1.54) is 12.6 Å². The van der Waals surface area contributed by atoms with Crippen LogP contribution in [0.25, 0.3) is 0 Å². The van der Waals surface area contributed by atoms with Crippen LogP contribution in [-0.2, 0) is 16.6 Å². The Morgan fingerprint density at radius 1 is 1.17 bits per heavy atom. The summed E-state index contributed by atoms with van der Waals surface area (Å²) in [5.41, 5.74) is 2.30. The molecule has 1 aliphatic heterocycles. The van der Waals surface area contributed by atoms with Gasteiger partial charge < -0.3 is 15.0 Å². The fraction of sp³-hybridized carbons (Fsp3) is 0.381. The van der Waals surface area contributed by atoms with Gasteiger partial charge in [0.25, 0.3) is 0 Å². The zero-order chi connectivity index (χ0) is 20.9. The van der Waals surface area contributed by atoms with Crippen molar-refractivity contribution in [3.8, 4) is 5.75 Å². The van der Waals surface area contributed by atoms with Crippen molar-refractivity contribution in [2.45, 2.75) is 23.8 Å². The third kappa shape index (κ3) is 5.86. The van der Waals surface area contributed by atoms with E-state index in [4.69, 9.17) is 4.74 Å². The van der Waals surface area contributed by atoms with E-state index < -0.39 is 10.0 Å². The van der Waals surface area contributed by atoms with Gasteiger partial charge >= 0.3 is 0 Å². The van der Waals surface area contributed by atoms with E-state index in [0.717, 1.165) is 36.8 Å². The molecule has 1 fully saturated rings. The molecule has 2 aromatic rings. The minimum Gasteiger partial charge on any atom is -0.497 e. The smallest absolute Gasteiger partial charge is 0.240 e. The van der Waals surface area contributed by atoms with Gasteiger partial charge in [0.1, 0.15) is 5.75 Å². The van der Waals surface area contributed by atoms with Gasteiger partial charge in [-0.2, -0.15) is 0 Å². The van der Waals surface area contributed by atoms with Crippen molar-refractivity contribution in [2.75, 3.05) is 34.3 Å². The lowest BCUT2D eigenvalue weighted by Crippen LogP contribution is -2.39. The van der Waals surface area contributed by atoms with Crippen molar-refractivity contribution in [2.24, 2.45) is 4.99 Å². The van der Waals surface area contributed by atoms with Crippen molar-refractivity contribution < 1.29 is 13.2 Å². The molecule has 0 radical (unpaired) electrons. The third-order valence-corrected chi connectivity index (χ3v) is 6.67. The van der Waals surface area contributed by atoms with Gasteiger partial charge in [0.2, 0.25) is 10.0 Å². The van der Waals surface area contributed by atoms with Crippen molar-refractivity contribution in [3.05, 3.63) is 59.7 Å². The molecule has 164 valence electrons. The molecule has 2 aromatic carbocycles. The number of ether oxygens (including phenoxy) is 1. The number of nitrogens with one attached hydrogen (secondary N) is 2. The lowest BCUT2D eigenvalue weighted by atomic mass is 9.98. The number of sulfonamides is 1. The molecule has 2 N–H and O–H groups in total. The van der Waals surface area contributed by atoms with Gasteiger partial charge in [0.15, 0.2) is 5.96 Å². The summed E-state index contributed by atoms with van der Waals surface area (Å²) in [6.45, 7) is 2.43. The van der Waals surface area contributed by atoms with Crippen LogP contribution in [0, 0.1) is 0 Å². The van der Waals surface area contributed by atoms with Gasteiger partial charge in [-0.25, -0.2) is 13.1 Å². The zero-order valence-electron chi connectivity index (χ0n) is 17.5. The van der Waals surface area contributed by atoms with Gasteiger partial charge in [-0.05, 0) is 48.9 Å². The van der Waals surface area contributed by atoms with E-state index in [0.29, 0.717) is 12.5 Å². The van der Waals surface area contributed by atoms with Crippen LogP contribution in [0.3, 0.4) is 0 Å². The average Bonchev–Trinajstić information content (AvgIpc) is 3.24. The predicted octanol–water partition coefficient (Wildman–Crippen LogP) is 2.79. The summed E-state index contributed by atoms with van der Waals surface area (Å²) in [7, 11) is 1.45. The molecule has 9 heteroatoms. The van der Waals surface area contributed by atoms with Crippen LogP contribution in [0.1, 0.15) is 23.5 Å². The number of likely N-dealkylation sites (tertiary alicyclic amines) is 1. The standard InChI is InChI=1S/C21H28N4O3S.HI/c1-22-21(24-14-16-4-10-20(11-5-16)29(26,27)23-2)25-13-12-18(15-25)17-6-8-19(28-3)9-7-17;/h4-11,18,23H,12-15H2,1-3H3,(H,22,24);1H. The summed E-state index contributed by atoms with van der Waals surface area (Å²) in [4.78, 5) is 6.93. The summed E-state index contributed by atoms with van der Waals surface area (Å²) in [5.74, 6) is 2.19. The summed E-state index contributed by atoms with van der Waals surface area (Å²) in [5, 5.41) is 3.38. The van der Waals surface area contributed by atoms with Crippen LogP contribution >= 0.6 is 24.0 Å². The van der Waals surface area contributed by atoms with Crippen LogP contribution in [0.2, 0.25) is 0 Å². The highest BCUT2D eigenvalue weighted by atomic mass is 127. The molecule has 1 atom stereocenters. The number of hydrogen-bond acceptors (Lipinski definition) is 4. The van der Waals surface area contributed by atoms with Crippen LogP contribution in [-0.4, -0.2) is 53.6 Å². The molecule has 1 saturated heterocycles. The molecule has 0 aliphatic carbocycles. The van der Waals surface area contributed by atoms with E-state index >= 15 is 0 Å². The normalized spacial score (nSPS) is 16.8. The lowest BCUT2D eigenvalue weighted by molar-refractivity contribution is 0.414. The largest absolute Gasteiger partial charge is 0.497 e. The quantitative estimate of drug-likeness (QED) is 0.332. The highest BCUT2D eigenvalue weighted by Crippen LogP contribution is 2.28. The van der Waals surface area contributed by atoms with Crippen LogP contribution < -0.4 is 14.8 Å². The summed E-state index contributed by atoms with van der Waals surface area (Å²) in [6.07, 6.45) is 1.07. The maximum Gasteiger partial charge on any atom is 0.240 e. The van der Waals surface area contributed by atoms with Crippen LogP contribution in [0.15, 0.2) is 58.4 Å². The minimum absolute atomic E-state index is 0. The molecule has 1 heterocycles. The molecular weight excluding hydrogens is 515 g/mol. The van der Waals surface area contributed by atoms with E-state index in [1.54, 1.807) is 26.3 Å². The Bertz CT molecular complexity index is 947. The first kappa shape index (κ1) is 24.4. The number of halogens is 1. The lowest BCUT2D eigenvalue weighted by Gasteiger charge is -2.22. The molecular formula is C21H29IN4O3S. The maximum absolute atomic E-state index is 11.8. The van der Waals surface area contributed by atoms with Crippen LogP contribution in [0.5, 0.6) is 5.75 Å². The SMILES string of the molecule is CN=C(NCc1ccc(S(=O)(=O)NC)cc1)N1CCC(c2ccc(OC)cc2)C1.I. The minimum atomic E-state index is -3.41. The van der Waals surface area contributed by atoms with Gasteiger partial charge in [0, 0.05) is 32.6 Å². The van der Waals surface area contributed by atoms with Gasteiger partial charge in [0.05, 0.1) is 12.0 Å². The molecule has 0 aromatic heterocycles. The fourth-order valence-corrected chi connectivity index (χ4v) is 4.25. The summed E-state index contributed by atoms with van der Waals surface area (Å²) >= 11 is 0. The Hall–Kier alpha value is -1.85. The van der Waals surface area contributed by atoms with Crippen molar-refractivity contribution in [3.63, 3.8) is 0 Å². The molecule has 7 nitrogen and oxygen atoms in total. The molecule has 1 unspecified atom stereocenters. The molecule has 0 bridgehead atoms. The second-order valence-electron chi connectivity index (χ2n) is 6.96. The topological polar surface area (TPSA) is 83.0 Å². The fourth-order valence-electron chi connectivity index (χ4n) is 3.52. The highest BCUT2D eigenvalue weighted by molar-refractivity contribution is 14.0. The highest BCUT2D eigenvalue weighted by Gasteiger charge is 2.26. The number of benzene rings is 2. The number of nitrogens with zero attached hydrogens (tertiary/aromatic N) is 2. The van der Waals surface area contributed by atoms with E-state index in [9.17, 15) is 8.42 Å². The Labute approximate surface area is 196 Å². The monoisotopic (exact) mass is 544 g/mol. The average molecular weight is 544 g/mol. The van der Waals surface area contributed by atoms with Crippen molar-refractivity contribution >= 4 is 40.0 Å². The third-order valence-electron chi connectivity index (χ3n) is 5.24. The number of hydrogen-bond donors (Lipinski definition) is 2. The summed E-state index contributed by atoms with van der Waals surface area (Å²) in [6, 6.07) is 15.1. The molecule has 3 rings (SSSR count). The van der Waals surface area contributed by atoms with Gasteiger partial charge in [-0.1, -0.05) is 24.3 Å². The maximum atomic E-state index is 11.8. The molecule has 30 heavy (non-hydrogen) atoms. The predicted molar refractivity (Wildman–Crippen MR) is 130 cm³/mol. The first-order valence-corrected chi connectivity index (χ1v) is 11.1. The Morgan fingerprint density at radius 3 is 2.40 bits per heavy atom.